The number of phosphoric ester groups is 1. The fourth-order valence-corrected chi connectivity index (χ4v) is 10.7. The van der Waals surface area contributed by atoms with E-state index in [1.807, 2.05) is 4.90 Å². The number of aromatic amines is 1. The molecule has 10 N–H and O–H groups in total. The number of benzene rings is 3. The van der Waals surface area contributed by atoms with Crippen molar-refractivity contribution in [2.24, 2.45) is 20.5 Å². The number of hydrogen-bond acceptors (Lipinski definition) is 20. The van der Waals surface area contributed by atoms with E-state index in [0.29, 0.717) is 18.7 Å². The first-order valence-corrected chi connectivity index (χ1v) is 27.5. The lowest BCUT2D eigenvalue weighted by Gasteiger charge is -2.19. The molecule has 5 aromatic rings. The molecule has 3 heterocycles. The fraction of sp³-hybridized carbons (Fsp3) is 0.270. The Morgan fingerprint density at radius 2 is 1.55 bits per heavy atom. The number of nitrogens with one attached hydrogen (secondary N) is 2. The van der Waals surface area contributed by atoms with Crippen molar-refractivity contribution in [3.8, 4) is 11.8 Å². The highest BCUT2D eigenvalue weighted by Crippen LogP contribution is 2.66. The van der Waals surface area contributed by atoms with Crippen molar-refractivity contribution in [3.63, 3.8) is 0 Å². The van der Waals surface area contributed by atoms with Crippen LogP contribution in [0.15, 0.2) is 108 Å². The molecule has 0 saturated carbocycles. The monoisotopic (exact) mass is 1090 g/mol. The first kappa shape index (κ1) is 54.4. The Balaban J connectivity index is 0.985. The Morgan fingerprint density at radius 1 is 0.915 bits per heavy atom. The molecule has 34 heteroatoms. The molecule has 0 aliphatic carbocycles. The summed E-state index contributed by atoms with van der Waals surface area (Å²) in [6.45, 7) is -0.325. The number of nitrogen functional groups attached to an aromatic ring is 1. The molecule has 1 amide bonds. The fourth-order valence-electron chi connectivity index (χ4n) is 6.50. The number of ether oxygens (including phenoxy) is 1. The van der Waals surface area contributed by atoms with Crippen molar-refractivity contribution < 1.29 is 81.9 Å². The third-order valence-electron chi connectivity index (χ3n) is 9.63. The van der Waals surface area contributed by atoms with Gasteiger partial charge in [0.25, 0.3) is 25.8 Å². The molecule has 29 nitrogen and oxygen atoms in total. The Bertz CT molecular complexity index is 3380. The first-order valence-electron chi connectivity index (χ1n) is 20.1. The molecule has 6 rings (SSSR count). The minimum atomic E-state index is -5.72. The molecular weight excluding hydrogens is 1050 g/mol. The molecule has 2 aromatic heterocycles. The number of fused-ring (bicyclic) bond motifs is 1. The third-order valence-corrected chi connectivity index (χ3v) is 15.2. The van der Waals surface area contributed by atoms with E-state index in [-0.39, 0.29) is 76.2 Å². The number of amides is 1. The second kappa shape index (κ2) is 22.3. The number of phosphoric acid groups is 3. The van der Waals surface area contributed by atoms with Gasteiger partial charge in [0, 0.05) is 31.9 Å². The predicted octanol–water partition coefficient (Wildman–Crippen LogP) is 5.04. The van der Waals surface area contributed by atoms with Gasteiger partial charge in [-0.15, -0.1) is 5.11 Å². The lowest BCUT2D eigenvalue weighted by atomic mass is 10.2. The summed E-state index contributed by atoms with van der Waals surface area (Å²) in [4.78, 5) is 69.7. The van der Waals surface area contributed by atoms with Crippen molar-refractivity contribution in [3.05, 3.63) is 88.8 Å². The minimum absolute atomic E-state index is 0.0115. The number of anilines is 2. The Hall–Kier alpha value is -5.90. The highest BCUT2D eigenvalue weighted by atomic mass is 32.2. The average molecular weight is 1090 g/mol. The number of H-pyrrole nitrogens is 1. The quantitative estimate of drug-likeness (QED) is 0.0213. The van der Waals surface area contributed by atoms with Crippen molar-refractivity contribution >= 4 is 95.0 Å². The van der Waals surface area contributed by atoms with Crippen LogP contribution in [0.4, 0.5) is 34.4 Å². The van der Waals surface area contributed by atoms with Gasteiger partial charge in [0.1, 0.15) is 16.8 Å². The van der Waals surface area contributed by atoms with E-state index >= 15 is 0 Å². The maximum atomic E-state index is 12.9. The predicted molar refractivity (Wildman–Crippen MR) is 247 cm³/mol. The lowest BCUT2D eigenvalue weighted by molar-refractivity contribution is -0.120. The zero-order valence-corrected chi connectivity index (χ0v) is 40.7. The lowest BCUT2D eigenvalue weighted by Crippen LogP contribution is -2.25. The van der Waals surface area contributed by atoms with Crippen molar-refractivity contribution in [2.45, 2.75) is 47.8 Å². The van der Waals surface area contributed by atoms with Gasteiger partial charge in [-0.2, -0.15) is 45.8 Å². The van der Waals surface area contributed by atoms with Gasteiger partial charge in [0.15, 0.2) is 5.65 Å². The summed E-state index contributed by atoms with van der Waals surface area (Å²) >= 11 is 0. The first-order chi connectivity index (χ1) is 33.1. The Morgan fingerprint density at radius 3 is 2.20 bits per heavy atom. The van der Waals surface area contributed by atoms with Crippen molar-refractivity contribution in [1.29, 1.82) is 0 Å². The van der Waals surface area contributed by atoms with Gasteiger partial charge in [0.05, 0.1) is 52.2 Å². The van der Waals surface area contributed by atoms with Crippen LogP contribution in [-0.4, -0.2) is 98.8 Å². The number of hydrogen-bond donors (Lipinski definition) is 9. The van der Waals surface area contributed by atoms with Gasteiger partial charge < -0.3 is 44.8 Å². The molecule has 380 valence electrons. The summed E-state index contributed by atoms with van der Waals surface area (Å²) < 4.78 is 120. The van der Waals surface area contributed by atoms with Crippen LogP contribution in [0, 0.1) is 11.8 Å². The number of azo groups is 2. The van der Waals surface area contributed by atoms with Crippen LogP contribution in [0.3, 0.4) is 0 Å². The van der Waals surface area contributed by atoms with Gasteiger partial charge in [-0.25, -0.2) is 13.7 Å². The van der Waals surface area contributed by atoms with Gasteiger partial charge in [-0.1, -0.05) is 11.8 Å². The molecular formula is C37H41N10O19P3S2. The van der Waals surface area contributed by atoms with Gasteiger partial charge >= 0.3 is 23.5 Å². The molecule has 3 aromatic carbocycles. The second-order valence-electron chi connectivity index (χ2n) is 14.9. The maximum absolute atomic E-state index is 12.9. The highest BCUT2D eigenvalue weighted by Gasteiger charge is 2.41. The van der Waals surface area contributed by atoms with Gasteiger partial charge in [-0.3, -0.25) is 28.2 Å². The van der Waals surface area contributed by atoms with E-state index in [2.05, 4.69) is 60.7 Å². The molecule has 0 bridgehead atoms. The van der Waals surface area contributed by atoms with Crippen LogP contribution in [0.1, 0.15) is 37.5 Å². The molecule has 0 radical (unpaired) electrons. The molecule has 71 heavy (non-hydrogen) atoms. The number of rotatable bonds is 20. The van der Waals surface area contributed by atoms with E-state index in [0.717, 1.165) is 23.9 Å². The molecule has 4 atom stereocenters. The highest BCUT2D eigenvalue weighted by molar-refractivity contribution is 7.86. The number of carbonyl (C=O) groups is 1. The van der Waals surface area contributed by atoms with Gasteiger partial charge in [-0.05, 0) is 86.0 Å². The standard InChI is InChI=1S/C37H41N10O19P3S2/c1-46(27-11-6-24(7-12-27)43-45-30-16-10-26(20-31(30)71(60,61)62)44-42-25-8-14-29(15-9-25)70(57,58)59)19-3-5-32(48)39-18-2-4-23-21-47(35-34(23)36(49)41-37(38)40-35)33-17-13-28(64-33)22-63-68(53,54)66-69(55,56)65-67(50,51)52/h6-12,14-16,20-21,28,33H,3,5,13,17-19,22H2,1H3,(H,39,48)(H,53,54)(H,55,56)(H2,50,51,52)(H,57,58,59)(H,60,61,62)(H3,38,40,41,49)/t28-,33+/m0/s1. The average Bonchev–Trinajstić information content (AvgIpc) is 3.89. The van der Waals surface area contributed by atoms with E-state index in [1.54, 1.807) is 31.3 Å². The zero-order chi connectivity index (χ0) is 51.9. The summed E-state index contributed by atoms with van der Waals surface area (Å²) in [5.41, 5.74) is 6.53. The molecule has 1 aliphatic heterocycles. The van der Waals surface area contributed by atoms with E-state index < -0.39 is 73.1 Å². The van der Waals surface area contributed by atoms with Crippen molar-refractivity contribution in [1.82, 2.24) is 19.9 Å². The molecule has 1 aliphatic rings. The smallest absolute Gasteiger partial charge is 0.375 e. The van der Waals surface area contributed by atoms with Crippen LogP contribution in [0.5, 0.6) is 0 Å². The molecule has 1 saturated heterocycles. The molecule has 1 fully saturated rings. The van der Waals surface area contributed by atoms with Crippen molar-refractivity contribution in [2.75, 3.05) is 37.4 Å². The van der Waals surface area contributed by atoms with Crippen LogP contribution < -0.4 is 21.5 Å². The maximum Gasteiger partial charge on any atom is 0.490 e. The van der Waals surface area contributed by atoms with Crippen LogP contribution in [-0.2, 0) is 56.6 Å². The number of nitrogens with two attached hydrogens (primary N) is 1. The summed E-state index contributed by atoms with van der Waals surface area (Å²) in [5, 5.41) is 18.6. The third kappa shape index (κ3) is 15.8. The Labute approximate surface area is 401 Å². The summed E-state index contributed by atoms with van der Waals surface area (Å²) in [6, 6.07) is 15.0. The summed E-state index contributed by atoms with van der Waals surface area (Å²) in [7, 11) is -24.1. The van der Waals surface area contributed by atoms with Crippen LogP contribution in [0.25, 0.3) is 11.0 Å². The SMILES string of the molecule is CN(CCCC(=O)NCC#Cc1cn([C@H]2CC[C@@H](COP(=O)(O)OP(=O)(O)OP(=O)(O)O)O2)c2nc(N)[nH]c(=O)c12)c1ccc(N=Nc2ccc(N=Nc3ccc(S(=O)(=O)O)cc3)cc2S(=O)(=O)O)cc1. The van der Waals surface area contributed by atoms with Gasteiger partial charge in [0.2, 0.25) is 11.9 Å². The van der Waals surface area contributed by atoms with E-state index in [9.17, 15) is 54.5 Å². The summed E-state index contributed by atoms with van der Waals surface area (Å²) in [6.07, 6.45) is 0.684. The number of aromatic nitrogens is 3. The van der Waals surface area contributed by atoms with E-state index in [4.69, 9.17) is 24.8 Å². The Kier molecular flexibility index (Phi) is 17.1. The largest absolute Gasteiger partial charge is 0.490 e. The minimum Gasteiger partial charge on any atom is -0.375 e. The van der Waals surface area contributed by atoms with Crippen LogP contribution in [0.2, 0.25) is 0 Å². The topological polar surface area (TPSA) is 436 Å². The van der Waals surface area contributed by atoms with Crippen LogP contribution >= 0.6 is 23.5 Å². The normalized spacial score (nSPS) is 17.2. The number of carbonyl (C=O) groups excluding carboxylic acids is 1. The van der Waals surface area contributed by atoms with E-state index in [1.165, 1.54) is 35.0 Å². The molecule has 2 unspecified atom stereocenters. The summed E-state index contributed by atoms with van der Waals surface area (Å²) in [5.74, 6) is 5.08. The molecule has 0 spiro atoms. The second-order valence-corrected chi connectivity index (χ2v) is 22.1. The number of nitrogens with zero attached hydrogens (tertiary/aromatic N) is 7. The zero-order valence-electron chi connectivity index (χ0n) is 36.4.